The van der Waals surface area contributed by atoms with Crippen LogP contribution in [0, 0.1) is 0 Å². The van der Waals surface area contributed by atoms with Gasteiger partial charge in [-0.1, -0.05) is 38.1 Å². The number of aryl methyl sites for hydroxylation is 2. The highest BCUT2D eigenvalue weighted by atomic mass is 16.1. The molecule has 0 atom stereocenters. The van der Waals surface area contributed by atoms with Crippen LogP contribution < -0.4 is 5.69 Å². The van der Waals surface area contributed by atoms with Gasteiger partial charge in [-0.3, -0.25) is 14.1 Å². The van der Waals surface area contributed by atoms with Crippen molar-refractivity contribution in [2.75, 3.05) is 0 Å². The lowest BCUT2D eigenvalue weighted by Crippen LogP contribution is -2.22. The Morgan fingerprint density at radius 1 is 1.03 bits per heavy atom. The minimum atomic E-state index is -0.117. The molecule has 0 spiro atoms. The number of imidazole rings is 2. The van der Waals surface area contributed by atoms with Gasteiger partial charge < -0.3 is 4.57 Å². The molecule has 0 aliphatic heterocycles. The first kappa shape index (κ1) is 22.4. The Morgan fingerprint density at radius 2 is 1.81 bits per heavy atom. The Labute approximate surface area is 209 Å². The summed E-state index contributed by atoms with van der Waals surface area (Å²) in [5, 5.41) is 0. The maximum absolute atomic E-state index is 13.2. The van der Waals surface area contributed by atoms with Gasteiger partial charge in [0, 0.05) is 43.5 Å². The zero-order valence-corrected chi connectivity index (χ0v) is 21.0. The van der Waals surface area contributed by atoms with Crippen molar-refractivity contribution in [3.8, 4) is 22.8 Å². The fourth-order valence-electron chi connectivity index (χ4n) is 4.79. The van der Waals surface area contributed by atoms with E-state index in [-0.39, 0.29) is 11.6 Å². The Kier molecular flexibility index (Phi) is 5.32. The average molecular weight is 480 g/mol. The van der Waals surface area contributed by atoms with E-state index in [1.54, 1.807) is 28.6 Å². The van der Waals surface area contributed by atoms with Crippen molar-refractivity contribution in [2.24, 2.45) is 14.1 Å². The summed E-state index contributed by atoms with van der Waals surface area (Å²) in [5.74, 6) is 2.41. The van der Waals surface area contributed by atoms with Crippen LogP contribution in [-0.2, 0) is 20.6 Å². The number of nitrogens with zero attached hydrogens (tertiary/aromatic N) is 7. The van der Waals surface area contributed by atoms with Crippen LogP contribution in [-0.4, -0.2) is 33.6 Å². The Morgan fingerprint density at radius 3 is 2.53 bits per heavy atom. The minimum Gasteiger partial charge on any atom is -0.334 e. The van der Waals surface area contributed by atoms with Crippen molar-refractivity contribution in [1.82, 2.24) is 33.6 Å². The van der Waals surface area contributed by atoms with Crippen molar-refractivity contribution in [3.05, 3.63) is 82.4 Å². The highest BCUT2D eigenvalue weighted by Gasteiger charge is 2.27. The van der Waals surface area contributed by atoms with Crippen LogP contribution in [0.25, 0.3) is 33.9 Å². The molecule has 0 amide bonds. The van der Waals surface area contributed by atoms with Crippen LogP contribution in [0.15, 0.2) is 59.8 Å². The number of benzene rings is 1. The Balaban J connectivity index is 1.36. The molecule has 1 fully saturated rings. The van der Waals surface area contributed by atoms with Gasteiger partial charge in [0.25, 0.3) is 0 Å². The molecule has 0 unspecified atom stereocenters. The van der Waals surface area contributed by atoms with Crippen molar-refractivity contribution < 1.29 is 0 Å². The van der Waals surface area contributed by atoms with Gasteiger partial charge in [0.2, 0.25) is 0 Å². The van der Waals surface area contributed by atoms with Crippen molar-refractivity contribution in [3.63, 3.8) is 0 Å². The molecule has 8 heteroatoms. The van der Waals surface area contributed by atoms with Crippen LogP contribution in [0.3, 0.4) is 0 Å². The average Bonchev–Trinajstić information content (AvgIpc) is 3.63. The molecular formula is C28H29N7O. The standard InChI is InChI=1S/C28H29N7O/c1-17(2)24-21(6-5-13-29-24)25-30-14-23-27(32-25)35(28(36)34(23)4)15-18-7-9-20(10-8-18)26-31-22(16-33(26)3)19-11-12-19/h5-10,13-14,16-17,19H,11-12,15H2,1-4H3. The molecule has 1 aromatic carbocycles. The first-order chi connectivity index (χ1) is 17.4. The maximum Gasteiger partial charge on any atom is 0.330 e. The van der Waals surface area contributed by atoms with E-state index >= 15 is 0 Å². The minimum absolute atomic E-state index is 0.117. The number of aromatic nitrogens is 7. The lowest BCUT2D eigenvalue weighted by molar-refractivity contribution is 0.731. The second-order valence-corrected chi connectivity index (χ2v) is 9.99. The van der Waals surface area contributed by atoms with E-state index in [1.165, 1.54) is 18.5 Å². The van der Waals surface area contributed by atoms with E-state index in [4.69, 9.17) is 9.97 Å². The molecule has 8 nitrogen and oxygen atoms in total. The third-order valence-corrected chi connectivity index (χ3v) is 6.95. The van der Waals surface area contributed by atoms with Gasteiger partial charge >= 0.3 is 5.69 Å². The quantitative estimate of drug-likeness (QED) is 0.354. The van der Waals surface area contributed by atoms with E-state index < -0.39 is 0 Å². The van der Waals surface area contributed by atoms with E-state index in [1.807, 2.05) is 19.2 Å². The van der Waals surface area contributed by atoms with Crippen LogP contribution in [0.1, 0.15) is 55.5 Å². The zero-order chi connectivity index (χ0) is 25.0. The predicted octanol–water partition coefficient (Wildman–Crippen LogP) is 4.64. The molecule has 0 bridgehead atoms. The molecule has 5 aromatic rings. The molecule has 36 heavy (non-hydrogen) atoms. The Bertz CT molecular complexity index is 1640. The van der Waals surface area contributed by atoms with Gasteiger partial charge in [-0.05, 0) is 36.5 Å². The monoisotopic (exact) mass is 479 g/mol. The number of hydrogen-bond acceptors (Lipinski definition) is 5. The second-order valence-electron chi connectivity index (χ2n) is 9.99. The molecule has 6 rings (SSSR count). The van der Waals surface area contributed by atoms with E-state index in [0.717, 1.165) is 28.2 Å². The lowest BCUT2D eigenvalue weighted by atomic mass is 10.0. The molecule has 1 aliphatic carbocycles. The smallest absolute Gasteiger partial charge is 0.330 e. The van der Waals surface area contributed by atoms with Crippen LogP contribution in [0.5, 0.6) is 0 Å². The molecule has 1 saturated carbocycles. The van der Waals surface area contributed by atoms with Gasteiger partial charge in [-0.2, -0.15) is 0 Å². The first-order valence-corrected chi connectivity index (χ1v) is 12.4. The SMILES string of the molecule is CC(C)c1ncccc1-c1ncc2c(n1)n(Cc1ccc(-c3nc(C4CC4)cn3C)cc1)c(=O)n2C. The van der Waals surface area contributed by atoms with E-state index in [2.05, 4.69) is 58.8 Å². The summed E-state index contributed by atoms with van der Waals surface area (Å²) in [6.45, 7) is 4.62. The van der Waals surface area contributed by atoms with Gasteiger partial charge in [-0.15, -0.1) is 0 Å². The van der Waals surface area contributed by atoms with Gasteiger partial charge in [-0.25, -0.2) is 19.7 Å². The maximum atomic E-state index is 13.2. The van der Waals surface area contributed by atoms with Gasteiger partial charge in [0.05, 0.1) is 24.1 Å². The summed E-state index contributed by atoms with van der Waals surface area (Å²) < 4.78 is 5.42. The molecule has 4 aromatic heterocycles. The third-order valence-electron chi connectivity index (χ3n) is 6.95. The predicted molar refractivity (Wildman–Crippen MR) is 140 cm³/mol. The Hall–Kier alpha value is -4.07. The summed E-state index contributed by atoms with van der Waals surface area (Å²) >= 11 is 0. The van der Waals surface area contributed by atoms with Crippen LogP contribution >= 0.6 is 0 Å². The van der Waals surface area contributed by atoms with Crippen molar-refractivity contribution in [1.29, 1.82) is 0 Å². The van der Waals surface area contributed by atoms with Crippen LogP contribution in [0.4, 0.5) is 0 Å². The topological polar surface area (TPSA) is 83.4 Å². The third kappa shape index (κ3) is 3.82. The second kappa shape index (κ2) is 8.55. The first-order valence-electron chi connectivity index (χ1n) is 12.4. The van der Waals surface area contributed by atoms with Crippen LogP contribution in [0.2, 0.25) is 0 Å². The largest absolute Gasteiger partial charge is 0.334 e. The number of fused-ring (bicyclic) bond motifs is 1. The summed E-state index contributed by atoms with van der Waals surface area (Å²) in [6, 6.07) is 12.2. The molecule has 4 heterocycles. The van der Waals surface area contributed by atoms with Gasteiger partial charge in [0.15, 0.2) is 11.5 Å². The highest BCUT2D eigenvalue weighted by molar-refractivity contribution is 5.74. The van der Waals surface area contributed by atoms with Crippen molar-refractivity contribution in [2.45, 2.75) is 45.1 Å². The van der Waals surface area contributed by atoms with E-state index in [0.29, 0.717) is 29.5 Å². The number of hydrogen-bond donors (Lipinski definition) is 0. The van der Waals surface area contributed by atoms with Crippen molar-refractivity contribution >= 4 is 11.2 Å². The summed E-state index contributed by atoms with van der Waals surface area (Å²) in [5.41, 5.74) is 6.32. The molecule has 0 N–H and O–H groups in total. The summed E-state index contributed by atoms with van der Waals surface area (Å²) in [6.07, 6.45) is 8.13. The van der Waals surface area contributed by atoms with Gasteiger partial charge in [0.1, 0.15) is 11.3 Å². The normalized spacial score (nSPS) is 13.7. The zero-order valence-electron chi connectivity index (χ0n) is 21.0. The fraction of sp³-hybridized carbons (Fsp3) is 0.321. The lowest BCUT2D eigenvalue weighted by Gasteiger charge is -2.10. The summed E-state index contributed by atoms with van der Waals surface area (Å²) in [4.78, 5) is 32.0. The molecule has 0 saturated heterocycles. The number of rotatable bonds is 6. The molecule has 0 radical (unpaired) electrons. The number of pyridine rings is 1. The summed E-state index contributed by atoms with van der Waals surface area (Å²) in [7, 11) is 3.80. The fourth-order valence-corrected chi connectivity index (χ4v) is 4.79. The molecule has 182 valence electrons. The molecular weight excluding hydrogens is 450 g/mol. The highest BCUT2D eigenvalue weighted by Crippen LogP contribution is 2.40. The van der Waals surface area contributed by atoms with E-state index in [9.17, 15) is 4.79 Å². The molecule has 1 aliphatic rings.